The Morgan fingerprint density at radius 3 is 2.58 bits per heavy atom. The highest BCUT2D eigenvalue weighted by atomic mass is 16.2. The highest BCUT2D eigenvalue weighted by molar-refractivity contribution is 5.89. The summed E-state index contributed by atoms with van der Waals surface area (Å²) in [7, 11) is 0. The molecule has 1 aromatic carbocycles. The fraction of sp³-hybridized carbons (Fsp3) is 0.480. The molecule has 1 aliphatic heterocycles. The average molecular weight is 421 g/mol. The first-order chi connectivity index (χ1) is 15.0. The van der Waals surface area contributed by atoms with E-state index >= 15 is 0 Å². The van der Waals surface area contributed by atoms with E-state index in [0.717, 1.165) is 30.5 Å². The zero-order valence-electron chi connectivity index (χ0n) is 18.4. The molecule has 2 aliphatic rings. The molecular formula is C25H32N4O2. The number of carbonyl (C=O) groups is 2. The largest absolute Gasteiger partial charge is 0.353 e. The summed E-state index contributed by atoms with van der Waals surface area (Å²) >= 11 is 0. The van der Waals surface area contributed by atoms with Gasteiger partial charge in [-0.25, -0.2) is 0 Å². The van der Waals surface area contributed by atoms with Crippen LogP contribution in [0.3, 0.4) is 0 Å². The zero-order valence-corrected chi connectivity index (χ0v) is 18.4. The molecule has 31 heavy (non-hydrogen) atoms. The van der Waals surface area contributed by atoms with Crippen molar-refractivity contribution in [2.45, 2.75) is 64.1 Å². The van der Waals surface area contributed by atoms with Crippen LogP contribution in [0.25, 0.3) is 0 Å². The molecule has 1 saturated heterocycles. The molecule has 1 aromatic heterocycles. The number of aromatic nitrogens is 1. The molecule has 164 valence electrons. The van der Waals surface area contributed by atoms with Crippen LogP contribution >= 0.6 is 0 Å². The minimum atomic E-state index is -0.394. The van der Waals surface area contributed by atoms with Crippen molar-refractivity contribution < 1.29 is 9.59 Å². The summed E-state index contributed by atoms with van der Waals surface area (Å²) in [4.78, 5) is 32.2. The van der Waals surface area contributed by atoms with E-state index in [1.807, 2.05) is 12.1 Å². The van der Waals surface area contributed by atoms with E-state index in [0.29, 0.717) is 12.6 Å². The number of nitrogens with one attached hydrogen (secondary N) is 2. The Balaban J connectivity index is 1.54. The number of benzene rings is 1. The lowest BCUT2D eigenvalue weighted by Crippen LogP contribution is -2.59. The smallest absolute Gasteiger partial charge is 0.237 e. The minimum Gasteiger partial charge on any atom is -0.353 e. The van der Waals surface area contributed by atoms with Crippen molar-refractivity contribution in [1.29, 1.82) is 0 Å². The van der Waals surface area contributed by atoms with Gasteiger partial charge < -0.3 is 10.6 Å². The zero-order chi connectivity index (χ0) is 21.8. The normalized spacial score (nSPS) is 21.0. The first kappa shape index (κ1) is 21.5. The maximum absolute atomic E-state index is 13.2. The third-order valence-electron chi connectivity index (χ3n) is 6.75. The number of hydrogen-bond donors (Lipinski definition) is 2. The third kappa shape index (κ3) is 4.96. The molecule has 4 rings (SSSR count). The minimum absolute atomic E-state index is 0.0278. The lowest BCUT2D eigenvalue weighted by atomic mass is 9.95. The van der Waals surface area contributed by atoms with Crippen LogP contribution in [0.4, 0.5) is 0 Å². The van der Waals surface area contributed by atoms with E-state index in [9.17, 15) is 9.59 Å². The van der Waals surface area contributed by atoms with Crippen molar-refractivity contribution in [3.05, 3.63) is 65.0 Å². The Morgan fingerprint density at radius 2 is 1.87 bits per heavy atom. The predicted octanol–water partition coefficient (Wildman–Crippen LogP) is 3.04. The number of piperazine rings is 1. The van der Waals surface area contributed by atoms with Crippen molar-refractivity contribution in [2.24, 2.45) is 0 Å². The summed E-state index contributed by atoms with van der Waals surface area (Å²) in [6.45, 7) is 5.64. The molecule has 1 aliphatic carbocycles. The van der Waals surface area contributed by atoms with Gasteiger partial charge in [0.1, 0.15) is 0 Å². The number of aryl methyl sites for hydroxylation is 2. The number of hydrogen-bond acceptors (Lipinski definition) is 4. The van der Waals surface area contributed by atoms with E-state index in [4.69, 9.17) is 0 Å². The molecule has 2 heterocycles. The fourth-order valence-corrected chi connectivity index (χ4v) is 4.87. The van der Waals surface area contributed by atoms with Crippen LogP contribution < -0.4 is 10.6 Å². The van der Waals surface area contributed by atoms with Crippen LogP contribution in [0.2, 0.25) is 0 Å². The van der Waals surface area contributed by atoms with Crippen LogP contribution in [0.15, 0.2) is 42.7 Å². The SMILES string of the molecule is Cc1ccc([C@H](NC(=O)C[C@H]2C(=O)NCCN2C2CCCC2)c2ccncc2)cc1C. The molecule has 0 radical (unpaired) electrons. The summed E-state index contributed by atoms with van der Waals surface area (Å²) in [6, 6.07) is 9.87. The van der Waals surface area contributed by atoms with E-state index in [1.54, 1.807) is 12.4 Å². The van der Waals surface area contributed by atoms with Gasteiger partial charge in [0.05, 0.1) is 18.5 Å². The first-order valence-corrected chi connectivity index (χ1v) is 11.3. The van der Waals surface area contributed by atoms with Gasteiger partial charge in [-0.2, -0.15) is 0 Å². The average Bonchev–Trinajstić information content (AvgIpc) is 3.31. The maximum atomic E-state index is 13.2. The molecule has 0 spiro atoms. The van der Waals surface area contributed by atoms with Crippen molar-refractivity contribution in [3.8, 4) is 0 Å². The van der Waals surface area contributed by atoms with Crippen LogP contribution in [0.1, 0.15) is 60.4 Å². The van der Waals surface area contributed by atoms with Crippen molar-refractivity contribution in [2.75, 3.05) is 13.1 Å². The number of pyridine rings is 1. The molecule has 2 fully saturated rings. The molecule has 1 saturated carbocycles. The van der Waals surface area contributed by atoms with Crippen LogP contribution in [0, 0.1) is 13.8 Å². The molecule has 2 N–H and O–H groups in total. The Hall–Kier alpha value is -2.73. The summed E-state index contributed by atoms with van der Waals surface area (Å²) in [5.41, 5.74) is 4.41. The molecule has 2 aromatic rings. The molecule has 0 bridgehead atoms. The van der Waals surface area contributed by atoms with Crippen LogP contribution in [-0.4, -0.2) is 46.9 Å². The molecule has 0 unspecified atom stereocenters. The molecule has 6 nitrogen and oxygen atoms in total. The predicted molar refractivity (Wildman–Crippen MR) is 121 cm³/mol. The summed E-state index contributed by atoms with van der Waals surface area (Å²) in [5, 5.41) is 6.15. The second-order valence-electron chi connectivity index (χ2n) is 8.81. The summed E-state index contributed by atoms with van der Waals surface area (Å²) in [6.07, 6.45) is 8.31. The van der Waals surface area contributed by atoms with Crippen LogP contribution in [0.5, 0.6) is 0 Å². The summed E-state index contributed by atoms with van der Waals surface area (Å²) in [5.74, 6) is -0.134. The van der Waals surface area contributed by atoms with Crippen LogP contribution in [-0.2, 0) is 9.59 Å². The topological polar surface area (TPSA) is 74.3 Å². The quantitative estimate of drug-likeness (QED) is 0.753. The number of rotatable bonds is 6. The highest BCUT2D eigenvalue weighted by Crippen LogP contribution is 2.28. The third-order valence-corrected chi connectivity index (χ3v) is 6.75. The molecule has 2 atom stereocenters. The highest BCUT2D eigenvalue weighted by Gasteiger charge is 2.37. The Bertz CT molecular complexity index is 924. The van der Waals surface area contributed by atoms with Crippen molar-refractivity contribution in [1.82, 2.24) is 20.5 Å². The van der Waals surface area contributed by atoms with Crippen molar-refractivity contribution >= 4 is 11.8 Å². The van der Waals surface area contributed by atoms with E-state index in [2.05, 4.69) is 52.6 Å². The number of nitrogens with zero attached hydrogens (tertiary/aromatic N) is 2. The lowest BCUT2D eigenvalue weighted by molar-refractivity contribution is -0.135. The first-order valence-electron chi connectivity index (χ1n) is 11.3. The van der Waals surface area contributed by atoms with Gasteiger partial charge in [0.25, 0.3) is 0 Å². The Kier molecular flexibility index (Phi) is 6.66. The van der Waals surface area contributed by atoms with E-state index < -0.39 is 6.04 Å². The van der Waals surface area contributed by atoms with Gasteiger partial charge in [-0.05, 0) is 61.1 Å². The van der Waals surface area contributed by atoms with E-state index in [1.165, 1.54) is 24.0 Å². The van der Waals surface area contributed by atoms with Gasteiger partial charge in [-0.15, -0.1) is 0 Å². The maximum Gasteiger partial charge on any atom is 0.237 e. The lowest BCUT2D eigenvalue weighted by Gasteiger charge is -2.39. The van der Waals surface area contributed by atoms with Gasteiger partial charge in [0.2, 0.25) is 11.8 Å². The van der Waals surface area contributed by atoms with Gasteiger partial charge in [-0.1, -0.05) is 31.0 Å². The number of carbonyl (C=O) groups excluding carboxylic acids is 2. The Morgan fingerprint density at radius 1 is 1.13 bits per heavy atom. The fourth-order valence-electron chi connectivity index (χ4n) is 4.87. The van der Waals surface area contributed by atoms with Gasteiger partial charge in [0, 0.05) is 31.5 Å². The van der Waals surface area contributed by atoms with Gasteiger partial charge in [-0.3, -0.25) is 19.5 Å². The van der Waals surface area contributed by atoms with Gasteiger partial charge >= 0.3 is 0 Å². The molecular weight excluding hydrogens is 388 g/mol. The standard InChI is InChI=1S/C25H32N4O2/c1-17-7-8-20(15-18(17)2)24(19-9-11-26-12-10-19)28-23(30)16-22-25(31)27-13-14-29(22)21-5-3-4-6-21/h7-12,15,21-22,24H,3-6,13-14,16H2,1-2H3,(H,27,31)(H,28,30)/t22-,24+/m0/s1. The van der Waals surface area contributed by atoms with Gasteiger partial charge in [0.15, 0.2) is 0 Å². The molecule has 6 heteroatoms. The summed E-state index contributed by atoms with van der Waals surface area (Å²) < 4.78 is 0. The second-order valence-corrected chi connectivity index (χ2v) is 8.81. The number of amides is 2. The second kappa shape index (κ2) is 9.60. The van der Waals surface area contributed by atoms with E-state index in [-0.39, 0.29) is 24.3 Å². The molecule has 2 amide bonds. The van der Waals surface area contributed by atoms with Crippen molar-refractivity contribution in [3.63, 3.8) is 0 Å². The Labute approximate surface area is 184 Å². The monoisotopic (exact) mass is 420 g/mol.